The number of benzene rings is 2. The lowest BCUT2D eigenvalue weighted by atomic mass is 10.0. The number of carbonyl (C=O) groups is 1. The monoisotopic (exact) mass is 348 g/mol. The average molecular weight is 348 g/mol. The molecule has 4 rings (SSSR count). The Hall–Kier alpha value is -2.75. The SMILES string of the molecule is COc1ccc(C(NC(=O)c2ccc3[nH]c(C)c(C)c3c2)C2CC2)cc1. The van der Waals surface area contributed by atoms with Crippen LogP contribution in [0.15, 0.2) is 42.5 Å². The van der Waals surface area contributed by atoms with Gasteiger partial charge in [-0.25, -0.2) is 0 Å². The molecule has 0 radical (unpaired) electrons. The second kappa shape index (κ2) is 6.52. The zero-order valence-electron chi connectivity index (χ0n) is 15.4. The molecule has 3 aromatic rings. The summed E-state index contributed by atoms with van der Waals surface area (Å²) in [7, 11) is 1.66. The van der Waals surface area contributed by atoms with E-state index in [0.717, 1.165) is 40.8 Å². The van der Waals surface area contributed by atoms with Gasteiger partial charge < -0.3 is 15.0 Å². The van der Waals surface area contributed by atoms with Crippen LogP contribution in [0.25, 0.3) is 10.9 Å². The molecule has 2 aromatic carbocycles. The zero-order chi connectivity index (χ0) is 18.3. The van der Waals surface area contributed by atoms with E-state index >= 15 is 0 Å². The summed E-state index contributed by atoms with van der Waals surface area (Å²) >= 11 is 0. The molecule has 1 aliphatic carbocycles. The maximum atomic E-state index is 12.9. The Balaban J connectivity index is 1.59. The van der Waals surface area contributed by atoms with Crippen LogP contribution in [0.3, 0.4) is 0 Å². The summed E-state index contributed by atoms with van der Waals surface area (Å²) in [5, 5.41) is 4.36. The quantitative estimate of drug-likeness (QED) is 0.704. The highest BCUT2D eigenvalue weighted by molar-refractivity contribution is 5.99. The van der Waals surface area contributed by atoms with Gasteiger partial charge in [-0.15, -0.1) is 0 Å². The van der Waals surface area contributed by atoms with Crippen molar-refractivity contribution in [1.29, 1.82) is 0 Å². The van der Waals surface area contributed by atoms with E-state index in [0.29, 0.717) is 11.5 Å². The molecule has 0 aliphatic heterocycles. The van der Waals surface area contributed by atoms with Crippen LogP contribution in [0.2, 0.25) is 0 Å². The van der Waals surface area contributed by atoms with Crippen LogP contribution in [0.4, 0.5) is 0 Å². The number of nitrogens with one attached hydrogen (secondary N) is 2. The van der Waals surface area contributed by atoms with E-state index in [4.69, 9.17) is 4.74 Å². The number of hydrogen-bond donors (Lipinski definition) is 2. The molecular weight excluding hydrogens is 324 g/mol. The highest BCUT2D eigenvalue weighted by atomic mass is 16.5. The second-order valence-corrected chi connectivity index (χ2v) is 7.20. The highest BCUT2D eigenvalue weighted by Crippen LogP contribution is 2.41. The summed E-state index contributed by atoms with van der Waals surface area (Å²) in [6.07, 6.45) is 2.32. The lowest BCUT2D eigenvalue weighted by molar-refractivity contribution is 0.0932. The first-order valence-electron chi connectivity index (χ1n) is 9.10. The number of amides is 1. The molecule has 134 valence electrons. The molecule has 1 amide bonds. The predicted molar refractivity (Wildman–Crippen MR) is 104 cm³/mol. The van der Waals surface area contributed by atoms with E-state index in [1.165, 1.54) is 5.56 Å². The van der Waals surface area contributed by atoms with Gasteiger partial charge in [0.2, 0.25) is 0 Å². The van der Waals surface area contributed by atoms with Crippen molar-refractivity contribution < 1.29 is 9.53 Å². The van der Waals surface area contributed by atoms with Crippen LogP contribution < -0.4 is 10.1 Å². The molecule has 0 spiro atoms. The molecule has 2 N–H and O–H groups in total. The number of ether oxygens (including phenoxy) is 1. The summed E-state index contributed by atoms with van der Waals surface area (Å²) in [5.41, 5.74) is 5.26. The lowest BCUT2D eigenvalue weighted by Gasteiger charge is -2.19. The molecule has 0 saturated heterocycles. The van der Waals surface area contributed by atoms with Crippen LogP contribution in [-0.2, 0) is 0 Å². The van der Waals surface area contributed by atoms with E-state index in [-0.39, 0.29) is 11.9 Å². The summed E-state index contributed by atoms with van der Waals surface area (Å²) in [5.74, 6) is 1.34. The third kappa shape index (κ3) is 3.07. The van der Waals surface area contributed by atoms with Crippen LogP contribution in [0.1, 0.15) is 46.1 Å². The number of methoxy groups -OCH3 is 1. The number of rotatable bonds is 5. The van der Waals surface area contributed by atoms with Crippen molar-refractivity contribution in [3.05, 3.63) is 64.8 Å². The largest absolute Gasteiger partial charge is 0.497 e. The molecule has 1 saturated carbocycles. The smallest absolute Gasteiger partial charge is 0.251 e. The number of aryl methyl sites for hydroxylation is 2. The lowest BCUT2D eigenvalue weighted by Crippen LogP contribution is -2.29. The Morgan fingerprint density at radius 2 is 1.88 bits per heavy atom. The first-order valence-corrected chi connectivity index (χ1v) is 9.10. The van der Waals surface area contributed by atoms with Gasteiger partial charge in [0.05, 0.1) is 13.2 Å². The molecule has 1 fully saturated rings. The van der Waals surface area contributed by atoms with Gasteiger partial charge in [-0.1, -0.05) is 12.1 Å². The Bertz CT molecular complexity index is 952. The van der Waals surface area contributed by atoms with Gasteiger partial charge in [0.1, 0.15) is 5.75 Å². The normalized spacial score (nSPS) is 15.0. The summed E-state index contributed by atoms with van der Waals surface area (Å²) < 4.78 is 5.24. The standard InChI is InChI=1S/C22H24N2O2/c1-13-14(2)23-20-11-8-17(12-19(13)20)22(25)24-21(15-4-5-15)16-6-9-18(26-3)10-7-16/h6-12,15,21,23H,4-5H2,1-3H3,(H,24,25). The van der Waals surface area contributed by atoms with Crippen molar-refractivity contribution in [3.63, 3.8) is 0 Å². The first kappa shape index (κ1) is 16.7. The van der Waals surface area contributed by atoms with E-state index in [1.54, 1.807) is 7.11 Å². The zero-order valence-corrected chi connectivity index (χ0v) is 15.4. The maximum absolute atomic E-state index is 12.9. The Labute approximate surface area is 153 Å². The van der Waals surface area contributed by atoms with Crippen molar-refractivity contribution in [3.8, 4) is 5.75 Å². The molecule has 4 heteroatoms. The van der Waals surface area contributed by atoms with Gasteiger partial charge in [-0.05, 0) is 74.1 Å². The average Bonchev–Trinajstić information content (AvgIpc) is 3.46. The number of carbonyl (C=O) groups excluding carboxylic acids is 1. The van der Waals surface area contributed by atoms with Gasteiger partial charge in [0, 0.05) is 22.2 Å². The van der Waals surface area contributed by atoms with E-state index < -0.39 is 0 Å². The molecule has 4 nitrogen and oxygen atoms in total. The molecule has 1 atom stereocenters. The Morgan fingerprint density at radius 1 is 1.15 bits per heavy atom. The molecule has 26 heavy (non-hydrogen) atoms. The fourth-order valence-corrected chi connectivity index (χ4v) is 3.54. The summed E-state index contributed by atoms with van der Waals surface area (Å²) in [4.78, 5) is 16.3. The number of fused-ring (bicyclic) bond motifs is 1. The topological polar surface area (TPSA) is 54.1 Å². The fraction of sp³-hybridized carbons (Fsp3) is 0.318. The van der Waals surface area contributed by atoms with Gasteiger partial charge in [0.25, 0.3) is 5.91 Å². The van der Waals surface area contributed by atoms with Crippen molar-refractivity contribution in [2.24, 2.45) is 5.92 Å². The highest BCUT2D eigenvalue weighted by Gasteiger charge is 2.33. The minimum atomic E-state index is -0.0159. The van der Waals surface area contributed by atoms with Crippen molar-refractivity contribution >= 4 is 16.8 Å². The van der Waals surface area contributed by atoms with Gasteiger partial charge in [-0.3, -0.25) is 4.79 Å². The maximum Gasteiger partial charge on any atom is 0.251 e. The van der Waals surface area contributed by atoms with Crippen LogP contribution in [-0.4, -0.2) is 18.0 Å². The predicted octanol–water partition coefficient (Wildman–Crippen LogP) is 4.67. The van der Waals surface area contributed by atoms with Crippen molar-refractivity contribution in [2.75, 3.05) is 7.11 Å². The minimum absolute atomic E-state index is 0.0159. The molecular formula is C22H24N2O2. The Kier molecular flexibility index (Phi) is 4.19. The van der Waals surface area contributed by atoms with E-state index in [2.05, 4.69) is 24.1 Å². The van der Waals surface area contributed by atoms with E-state index in [9.17, 15) is 4.79 Å². The third-order valence-corrected chi connectivity index (χ3v) is 5.43. The number of hydrogen-bond acceptors (Lipinski definition) is 2. The first-order chi connectivity index (χ1) is 12.6. The fourth-order valence-electron chi connectivity index (χ4n) is 3.54. The number of H-pyrrole nitrogens is 1. The van der Waals surface area contributed by atoms with Crippen molar-refractivity contribution in [2.45, 2.75) is 32.7 Å². The van der Waals surface area contributed by atoms with Gasteiger partial charge >= 0.3 is 0 Å². The molecule has 1 unspecified atom stereocenters. The third-order valence-electron chi connectivity index (χ3n) is 5.43. The summed E-state index contributed by atoms with van der Waals surface area (Å²) in [6, 6.07) is 13.9. The minimum Gasteiger partial charge on any atom is -0.497 e. The van der Waals surface area contributed by atoms with Gasteiger partial charge in [0.15, 0.2) is 0 Å². The molecule has 0 bridgehead atoms. The number of aromatic amines is 1. The van der Waals surface area contributed by atoms with Crippen LogP contribution >= 0.6 is 0 Å². The number of aromatic nitrogens is 1. The Morgan fingerprint density at radius 3 is 2.54 bits per heavy atom. The second-order valence-electron chi connectivity index (χ2n) is 7.20. The van der Waals surface area contributed by atoms with E-state index in [1.807, 2.05) is 42.5 Å². The molecule has 1 heterocycles. The molecule has 1 aliphatic rings. The van der Waals surface area contributed by atoms with Gasteiger partial charge in [-0.2, -0.15) is 0 Å². The van der Waals surface area contributed by atoms with Crippen molar-refractivity contribution in [1.82, 2.24) is 10.3 Å². The summed E-state index contributed by atoms with van der Waals surface area (Å²) in [6.45, 7) is 4.14. The van der Waals surface area contributed by atoms with Crippen LogP contribution in [0.5, 0.6) is 5.75 Å². The molecule has 1 aromatic heterocycles. The van der Waals surface area contributed by atoms with Crippen LogP contribution in [0, 0.1) is 19.8 Å².